The number of rotatable bonds is 5. The Morgan fingerprint density at radius 2 is 1.83 bits per heavy atom. The van der Waals surface area contributed by atoms with Crippen molar-refractivity contribution in [1.29, 1.82) is 0 Å². The number of halogens is 3. The molecule has 0 aliphatic carbocycles. The minimum absolute atomic E-state index is 0.0812. The summed E-state index contributed by atoms with van der Waals surface area (Å²) in [6.07, 6.45) is -4.83. The first kappa shape index (κ1) is 19.3. The summed E-state index contributed by atoms with van der Waals surface area (Å²) in [5.41, 5.74) is -1.04. The molecule has 0 aromatic heterocycles. The second-order valence-electron chi connectivity index (χ2n) is 6.23. The molecule has 0 aliphatic heterocycles. The topological polar surface area (TPSA) is 41.6 Å². The Hall–Kier alpha value is -1.76. The van der Waals surface area contributed by atoms with E-state index in [2.05, 4.69) is 5.32 Å². The molecule has 7 heteroatoms. The molecule has 1 N–H and O–H groups in total. The van der Waals surface area contributed by atoms with Crippen molar-refractivity contribution in [3.8, 4) is 0 Å². The van der Waals surface area contributed by atoms with Gasteiger partial charge in [0.1, 0.15) is 5.60 Å². The fourth-order valence-corrected chi connectivity index (χ4v) is 1.85. The minimum atomic E-state index is -4.37. The van der Waals surface area contributed by atoms with Crippen molar-refractivity contribution in [3.05, 3.63) is 35.4 Å². The number of benzene rings is 1. The quantitative estimate of drug-likeness (QED) is 0.837. The van der Waals surface area contributed by atoms with Crippen LogP contribution in [0.2, 0.25) is 0 Å². The third-order valence-corrected chi connectivity index (χ3v) is 2.97. The molecule has 0 saturated heterocycles. The number of nitrogens with zero attached hydrogens (tertiary/aromatic N) is 1. The summed E-state index contributed by atoms with van der Waals surface area (Å²) in [5.74, 6) is 0. The summed E-state index contributed by atoms with van der Waals surface area (Å²) in [6, 6.07) is 5.43. The molecule has 1 amide bonds. The summed E-state index contributed by atoms with van der Waals surface area (Å²) in [6.45, 7) is 6.09. The normalized spacial score (nSPS) is 12.1. The molecular formula is C16H23F3N2O2. The van der Waals surface area contributed by atoms with Gasteiger partial charge in [-0.25, -0.2) is 4.79 Å². The SMILES string of the molecule is CN(CCNCc1ccccc1C(F)(F)F)C(=O)OC(C)(C)C. The van der Waals surface area contributed by atoms with Crippen LogP contribution in [-0.2, 0) is 17.5 Å². The van der Waals surface area contributed by atoms with Crippen molar-refractivity contribution in [2.75, 3.05) is 20.1 Å². The standard InChI is InChI=1S/C16H23F3N2O2/c1-15(2,3)23-14(22)21(4)10-9-20-11-12-7-5-6-8-13(12)16(17,18)19/h5-8,20H,9-11H2,1-4H3. The van der Waals surface area contributed by atoms with Gasteiger partial charge in [0.25, 0.3) is 0 Å². The minimum Gasteiger partial charge on any atom is -0.444 e. The average molecular weight is 332 g/mol. The Kier molecular flexibility index (Phi) is 6.44. The Balaban J connectivity index is 2.46. The van der Waals surface area contributed by atoms with E-state index in [1.165, 1.54) is 17.0 Å². The number of hydrogen-bond donors (Lipinski definition) is 1. The van der Waals surface area contributed by atoms with Gasteiger partial charge in [0.05, 0.1) is 5.56 Å². The first-order valence-corrected chi connectivity index (χ1v) is 7.30. The number of alkyl halides is 3. The molecule has 1 aromatic rings. The Morgan fingerprint density at radius 1 is 1.22 bits per heavy atom. The monoisotopic (exact) mass is 332 g/mol. The number of carbonyl (C=O) groups is 1. The van der Waals surface area contributed by atoms with Crippen LogP contribution in [0.25, 0.3) is 0 Å². The lowest BCUT2D eigenvalue weighted by Gasteiger charge is -2.24. The van der Waals surface area contributed by atoms with E-state index in [-0.39, 0.29) is 12.1 Å². The van der Waals surface area contributed by atoms with Crippen molar-refractivity contribution in [2.24, 2.45) is 0 Å². The molecular weight excluding hydrogens is 309 g/mol. The highest BCUT2D eigenvalue weighted by atomic mass is 19.4. The van der Waals surface area contributed by atoms with Crippen molar-refractivity contribution in [1.82, 2.24) is 10.2 Å². The van der Waals surface area contributed by atoms with Gasteiger partial charge >= 0.3 is 12.3 Å². The van der Waals surface area contributed by atoms with E-state index in [1.807, 2.05) is 0 Å². The zero-order valence-corrected chi connectivity index (χ0v) is 13.8. The molecule has 0 radical (unpaired) electrons. The largest absolute Gasteiger partial charge is 0.444 e. The van der Waals surface area contributed by atoms with Crippen LogP contribution >= 0.6 is 0 Å². The molecule has 0 heterocycles. The Bertz CT molecular complexity index is 525. The van der Waals surface area contributed by atoms with Crippen LogP contribution in [0.5, 0.6) is 0 Å². The number of amides is 1. The van der Waals surface area contributed by atoms with E-state index in [4.69, 9.17) is 4.74 Å². The maximum atomic E-state index is 12.9. The zero-order valence-electron chi connectivity index (χ0n) is 13.8. The lowest BCUT2D eigenvalue weighted by atomic mass is 10.1. The van der Waals surface area contributed by atoms with Gasteiger partial charge in [-0.2, -0.15) is 13.2 Å². The molecule has 0 bridgehead atoms. The van der Waals surface area contributed by atoms with Gasteiger partial charge in [0, 0.05) is 26.7 Å². The van der Waals surface area contributed by atoms with Crippen molar-refractivity contribution < 1.29 is 22.7 Å². The fraction of sp³-hybridized carbons (Fsp3) is 0.562. The number of carbonyl (C=O) groups excluding carboxylic acids is 1. The van der Waals surface area contributed by atoms with Crippen LogP contribution in [0.15, 0.2) is 24.3 Å². The number of hydrogen-bond acceptors (Lipinski definition) is 3. The van der Waals surface area contributed by atoms with Gasteiger partial charge in [-0.05, 0) is 32.4 Å². The molecule has 0 aliphatic rings. The molecule has 1 rings (SSSR count). The van der Waals surface area contributed by atoms with Gasteiger partial charge in [0.15, 0.2) is 0 Å². The van der Waals surface area contributed by atoms with Crippen molar-refractivity contribution in [2.45, 2.75) is 39.1 Å². The van der Waals surface area contributed by atoms with Gasteiger partial charge in [-0.3, -0.25) is 0 Å². The molecule has 0 fully saturated rings. The van der Waals surface area contributed by atoms with E-state index >= 15 is 0 Å². The fourth-order valence-electron chi connectivity index (χ4n) is 1.85. The maximum absolute atomic E-state index is 12.9. The molecule has 0 saturated carbocycles. The predicted octanol–water partition coefficient (Wildman–Crippen LogP) is 3.66. The molecule has 0 unspecified atom stereocenters. The maximum Gasteiger partial charge on any atom is 0.416 e. The second kappa shape index (κ2) is 7.68. The molecule has 130 valence electrons. The van der Waals surface area contributed by atoms with Gasteiger partial charge in [0.2, 0.25) is 0 Å². The van der Waals surface area contributed by atoms with Crippen LogP contribution in [0.3, 0.4) is 0 Å². The van der Waals surface area contributed by atoms with Crippen LogP contribution in [0.4, 0.5) is 18.0 Å². The molecule has 0 spiro atoms. The highest BCUT2D eigenvalue weighted by molar-refractivity contribution is 5.67. The zero-order chi connectivity index (χ0) is 17.7. The number of ether oxygens (including phenoxy) is 1. The highest BCUT2D eigenvalue weighted by Crippen LogP contribution is 2.31. The van der Waals surface area contributed by atoms with Gasteiger partial charge in [-0.15, -0.1) is 0 Å². The molecule has 23 heavy (non-hydrogen) atoms. The van der Waals surface area contributed by atoms with Crippen LogP contribution in [0.1, 0.15) is 31.9 Å². The third-order valence-electron chi connectivity index (χ3n) is 2.97. The predicted molar refractivity (Wildman–Crippen MR) is 82.0 cm³/mol. The lowest BCUT2D eigenvalue weighted by Crippen LogP contribution is -2.38. The Labute approximate surface area is 134 Å². The summed E-state index contributed by atoms with van der Waals surface area (Å²) in [7, 11) is 1.58. The second-order valence-corrected chi connectivity index (χ2v) is 6.23. The number of nitrogens with one attached hydrogen (secondary N) is 1. The highest BCUT2D eigenvalue weighted by Gasteiger charge is 2.32. The molecule has 1 aromatic carbocycles. The lowest BCUT2D eigenvalue weighted by molar-refractivity contribution is -0.138. The van der Waals surface area contributed by atoms with E-state index in [0.29, 0.717) is 13.1 Å². The van der Waals surface area contributed by atoms with Gasteiger partial charge < -0.3 is 15.0 Å². The summed E-state index contributed by atoms with van der Waals surface area (Å²) >= 11 is 0. The average Bonchev–Trinajstić information content (AvgIpc) is 2.40. The van der Waals surface area contributed by atoms with E-state index < -0.39 is 23.4 Å². The summed E-state index contributed by atoms with van der Waals surface area (Å²) in [4.78, 5) is 13.1. The van der Waals surface area contributed by atoms with Crippen LogP contribution < -0.4 is 5.32 Å². The first-order valence-electron chi connectivity index (χ1n) is 7.30. The van der Waals surface area contributed by atoms with E-state index in [9.17, 15) is 18.0 Å². The third kappa shape index (κ3) is 6.90. The smallest absolute Gasteiger partial charge is 0.416 e. The Morgan fingerprint density at radius 3 is 2.39 bits per heavy atom. The van der Waals surface area contributed by atoms with Gasteiger partial charge in [-0.1, -0.05) is 18.2 Å². The van der Waals surface area contributed by atoms with Crippen molar-refractivity contribution >= 4 is 6.09 Å². The molecule has 0 atom stereocenters. The van der Waals surface area contributed by atoms with E-state index in [1.54, 1.807) is 33.9 Å². The van der Waals surface area contributed by atoms with E-state index in [0.717, 1.165) is 6.07 Å². The summed E-state index contributed by atoms with van der Waals surface area (Å²) < 4.78 is 43.7. The molecule has 4 nitrogen and oxygen atoms in total. The van der Waals surface area contributed by atoms with Crippen molar-refractivity contribution in [3.63, 3.8) is 0 Å². The van der Waals surface area contributed by atoms with Crippen LogP contribution in [0, 0.1) is 0 Å². The first-order chi connectivity index (χ1) is 10.5. The number of likely N-dealkylation sites (N-methyl/N-ethyl adjacent to an activating group) is 1. The van der Waals surface area contributed by atoms with Crippen LogP contribution in [-0.4, -0.2) is 36.7 Å². The summed E-state index contributed by atoms with van der Waals surface area (Å²) in [5, 5.41) is 2.91.